The first-order chi connectivity index (χ1) is 8.56. The molecule has 0 fully saturated rings. The van der Waals surface area contributed by atoms with E-state index in [0.29, 0.717) is 23.5 Å². The van der Waals surface area contributed by atoms with E-state index in [1.165, 1.54) is 0 Å². The Morgan fingerprint density at radius 1 is 1.44 bits per heavy atom. The molecule has 0 unspecified atom stereocenters. The Hall–Kier alpha value is -0.590. The van der Waals surface area contributed by atoms with E-state index in [0.717, 1.165) is 14.8 Å². The molecule has 5 heteroatoms. The molecule has 18 heavy (non-hydrogen) atoms. The van der Waals surface area contributed by atoms with Crippen molar-refractivity contribution in [3.8, 4) is 11.5 Å². The topological polar surface area (TPSA) is 38.1 Å². The highest BCUT2D eigenvalue weighted by atomic mass is 127. The summed E-state index contributed by atoms with van der Waals surface area (Å²) >= 11 is 8.28. The predicted molar refractivity (Wildman–Crippen MR) is 81.6 cm³/mol. The monoisotopic (exact) mass is 376 g/mol. The number of rotatable bonds is 4. The largest absolute Gasteiger partial charge is 0.444 e. The maximum Gasteiger partial charge on any atom is 0.226 e. The number of nitrogens with zero attached hydrogens (tertiary/aromatic N) is 1. The molecule has 0 bridgehead atoms. The Kier molecular flexibility index (Phi) is 4.64. The zero-order valence-corrected chi connectivity index (χ0v) is 13.1. The van der Waals surface area contributed by atoms with E-state index in [1.807, 2.05) is 18.2 Å². The summed E-state index contributed by atoms with van der Waals surface area (Å²) < 4.78 is 6.49. The quantitative estimate of drug-likeness (QED) is 0.817. The molecule has 0 aliphatic heterocycles. The fraction of sp³-hybridized carbons (Fsp3) is 0.308. The zero-order valence-electron chi connectivity index (χ0n) is 10.2. The molecule has 1 aromatic carbocycles. The minimum absolute atomic E-state index is 0.429. The van der Waals surface area contributed by atoms with Crippen molar-refractivity contribution >= 4 is 34.2 Å². The van der Waals surface area contributed by atoms with Gasteiger partial charge < -0.3 is 9.73 Å². The number of nitrogens with one attached hydrogen (secondary N) is 1. The second-order valence-corrected chi connectivity index (χ2v) is 5.88. The number of benzene rings is 1. The van der Waals surface area contributed by atoms with Crippen LogP contribution in [0.15, 0.2) is 28.9 Å². The van der Waals surface area contributed by atoms with Gasteiger partial charge in [-0.1, -0.05) is 25.4 Å². The van der Waals surface area contributed by atoms with E-state index in [9.17, 15) is 0 Å². The van der Waals surface area contributed by atoms with Gasteiger partial charge in [0.1, 0.15) is 6.26 Å². The molecule has 0 spiro atoms. The summed E-state index contributed by atoms with van der Waals surface area (Å²) in [6, 6.07) is 6.21. The Balaban J connectivity index is 2.16. The molecule has 1 N–H and O–H groups in total. The third-order valence-corrected chi connectivity index (χ3v) is 3.98. The van der Waals surface area contributed by atoms with Crippen LogP contribution in [-0.4, -0.2) is 11.0 Å². The zero-order chi connectivity index (χ0) is 13.1. The van der Waals surface area contributed by atoms with Gasteiger partial charge in [-0.05, 0) is 40.8 Å². The Bertz CT molecular complexity index is 540. The lowest BCUT2D eigenvalue weighted by molar-refractivity contribution is 0.560. The van der Waals surface area contributed by atoms with Gasteiger partial charge >= 0.3 is 0 Å². The van der Waals surface area contributed by atoms with Crippen molar-refractivity contribution < 1.29 is 4.42 Å². The number of hydrogen-bond donors (Lipinski definition) is 1. The van der Waals surface area contributed by atoms with E-state index in [1.54, 1.807) is 6.26 Å². The van der Waals surface area contributed by atoms with Crippen LogP contribution in [0.1, 0.15) is 19.5 Å². The van der Waals surface area contributed by atoms with Crippen LogP contribution in [0.5, 0.6) is 0 Å². The van der Waals surface area contributed by atoms with Crippen LogP contribution >= 0.6 is 34.2 Å². The number of aromatic nitrogens is 1. The highest BCUT2D eigenvalue weighted by Gasteiger charge is 2.08. The molecule has 0 saturated heterocycles. The van der Waals surface area contributed by atoms with Crippen LogP contribution in [0, 0.1) is 3.57 Å². The first-order valence-corrected chi connectivity index (χ1v) is 7.15. The summed E-state index contributed by atoms with van der Waals surface area (Å²) in [5, 5.41) is 4.01. The molecular weight excluding hydrogens is 363 g/mol. The fourth-order valence-electron chi connectivity index (χ4n) is 1.46. The van der Waals surface area contributed by atoms with Crippen LogP contribution in [0.25, 0.3) is 11.5 Å². The lowest BCUT2D eigenvalue weighted by Gasteiger charge is -2.04. The van der Waals surface area contributed by atoms with Gasteiger partial charge in [-0.15, -0.1) is 0 Å². The van der Waals surface area contributed by atoms with Gasteiger partial charge in [0.05, 0.1) is 10.7 Å². The first-order valence-electron chi connectivity index (χ1n) is 5.69. The van der Waals surface area contributed by atoms with Gasteiger partial charge in [0.25, 0.3) is 0 Å². The van der Waals surface area contributed by atoms with Crippen molar-refractivity contribution in [1.29, 1.82) is 0 Å². The summed E-state index contributed by atoms with van der Waals surface area (Å²) in [5.74, 6) is 0.605. The molecule has 0 radical (unpaired) electrons. The first kappa shape index (κ1) is 13.8. The predicted octanol–water partition coefficient (Wildman–Crippen LogP) is 4.10. The van der Waals surface area contributed by atoms with Crippen molar-refractivity contribution in [2.45, 2.75) is 26.4 Å². The van der Waals surface area contributed by atoms with Crippen LogP contribution in [0.3, 0.4) is 0 Å². The van der Waals surface area contributed by atoms with E-state index in [4.69, 9.17) is 16.0 Å². The molecular formula is C13H14ClIN2O. The van der Waals surface area contributed by atoms with Crippen molar-refractivity contribution in [2.75, 3.05) is 0 Å². The molecule has 2 rings (SSSR count). The molecule has 1 aromatic heterocycles. The highest BCUT2D eigenvalue weighted by molar-refractivity contribution is 14.1. The average molecular weight is 377 g/mol. The minimum atomic E-state index is 0.429. The van der Waals surface area contributed by atoms with Gasteiger partial charge in [-0.3, -0.25) is 0 Å². The molecule has 0 saturated carbocycles. The van der Waals surface area contributed by atoms with Gasteiger partial charge in [0, 0.05) is 21.7 Å². The second kappa shape index (κ2) is 6.04. The lowest BCUT2D eigenvalue weighted by Crippen LogP contribution is -2.21. The number of hydrogen-bond acceptors (Lipinski definition) is 3. The van der Waals surface area contributed by atoms with Gasteiger partial charge in [-0.25, -0.2) is 4.98 Å². The second-order valence-electron chi connectivity index (χ2n) is 4.31. The summed E-state index contributed by atoms with van der Waals surface area (Å²) in [5.41, 5.74) is 1.80. The van der Waals surface area contributed by atoms with Crippen LogP contribution < -0.4 is 5.32 Å². The molecule has 1 heterocycles. The molecule has 0 atom stereocenters. The third-order valence-electron chi connectivity index (χ3n) is 2.41. The maximum absolute atomic E-state index is 6.08. The molecule has 2 aromatic rings. The third kappa shape index (κ3) is 3.46. The van der Waals surface area contributed by atoms with E-state index >= 15 is 0 Å². The Morgan fingerprint density at radius 3 is 2.89 bits per heavy atom. The van der Waals surface area contributed by atoms with Gasteiger partial charge in [0.2, 0.25) is 5.89 Å². The van der Waals surface area contributed by atoms with Crippen LogP contribution in [0.4, 0.5) is 0 Å². The van der Waals surface area contributed by atoms with Crippen LogP contribution in [0.2, 0.25) is 5.02 Å². The van der Waals surface area contributed by atoms with Crippen molar-refractivity contribution in [3.05, 3.63) is 38.7 Å². The van der Waals surface area contributed by atoms with E-state index in [-0.39, 0.29) is 0 Å². The molecule has 0 aliphatic rings. The normalized spacial score (nSPS) is 11.2. The van der Waals surface area contributed by atoms with Crippen molar-refractivity contribution in [2.24, 2.45) is 0 Å². The van der Waals surface area contributed by atoms with Gasteiger partial charge in [-0.2, -0.15) is 0 Å². The SMILES string of the molecule is CC(C)NCc1coc(-c2ccc(I)c(Cl)c2)n1. The fourth-order valence-corrected chi connectivity index (χ4v) is 1.97. The Labute approximate surface area is 125 Å². The highest BCUT2D eigenvalue weighted by Crippen LogP contribution is 2.26. The summed E-state index contributed by atoms with van der Waals surface area (Å²) in [4.78, 5) is 4.43. The lowest BCUT2D eigenvalue weighted by atomic mass is 10.2. The smallest absolute Gasteiger partial charge is 0.226 e. The molecule has 96 valence electrons. The van der Waals surface area contributed by atoms with Crippen molar-refractivity contribution in [1.82, 2.24) is 10.3 Å². The number of halogens is 2. The average Bonchev–Trinajstić information content (AvgIpc) is 2.79. The number of oxazole rings is 1. The summed E-state index contributed by atoms with van der Waals surface area (Å²) in [7, 11) is 0. The standard InChI is InChI=1S/C13H14ClIN2O/c1-8(2)16-6-10-7-18-13(17-10)9-3-4-12(15)11(14)5-9/h3-5,7-8,16H,6H2,1-2H3. The van der Waals surface area contributed by atoms with E-state index in [2.05, 4.69) is 46.7 Å². The van der Waals surface area contributed by atoms with E-state index < -0.39 is 0 Å². The molecule has 0 aliphatic carbocycles. The molecule has 3 nitrogen and oxygen atoms in total. The van der Waals surface area contributed by atoms with Crippen molar-refractivity contribution in [3.63, 3.8) is 0 Å². The minimum Gasteiger partial charge on any atom is -0.444 e. The molecule has 0 amide bonds. The summed E-state index contributed by atoms with van der Waals surface area (Å²) in [6.07, 6.45) is 1.68. The Morgan fingerprint density at radius 2 is 2.22 bits per heavy atom. The van der Waals surface area contributed by atoms with Crippen LogP contribution in [-0.2, 0) is 6.54 Å². The van der Waals surface area contributed by atoms with Gasteiger partial charge in [0.15, 0.2) is 0 Å². The summed E-state index contributed by atoms with van der Waals surface area (Å²) in [6.45, 7) is 4.90. The maximum atomic E-state index is 6.08.